The number of carbonyl (C=O) groups excluding carboxylic acids is 1. The normalized spacial score (nSPS) is 14.5. The second-order valence-electron chi connectivity index (χ2n) is 8.65. The number of likely N-dealkylation sites (N-methyl/N-ethyl adjacent to an activating group) is 1. The minimum Gasteiger partial charge on any atom is -0.497 e. The van der Waals surface area contributed by atoms with Crippen molar-refractivity contribution in [1.29, 1.82) is 5.41 Å². The Labute approximate surface area is 202 Å². The summed E-state index contributed by atoms with van der Waals surface area (Å²) in [5.41, 5.74) is 1.77. The van der Waals surface area contributed by atoms with Crippen molar-refractivity contribution in [3.8, 4) is 5.75 Å². The van der Waals surface area contributed by atoms with Gasteiger partial charge in [-0.2, -0.15) is 0 Å². The zero-order chi connectivity index (χ0) is 24.5. The van der Waals surface area contributed by atoms with Gasteiger partial charge in [0.1, 0.15) is 22.5 Å². The molecule has 0 unspecified atom stereocenters. The number of pyridine rings is 2. The number of carbonyl (C=O) groups is 1. The van der Waals surface area contributed by atoms with E-state index in [1.807, 2.05) is 30.3 Å². The standard InChI is InChI=1S/C26H28N6O3/c1-3-29-12-14-30(15-13-29)25(33)20-16-21-24(28-22-6-4-5-11-31(22)26(21)34)32(23(20)27)17-18-7-9-19(35-2)10-8-18/h4-11,16,27H,3,12-15,17H2,1-2H3. The van der Waals surface area contributed by atoms with E-state index in [1.54, 1.807) is 41.0 Å². The molecule has 9 nitrogen and oxygen atoms in total. The first-order valence-electron chi connectivity index (χ1n) is 11.7. The van der Waals surface area contributed by atoms with Gasteiger partial charge in [0.15, 0.2) is 0 Å². The lowest BCUT2D eigenvalue weighted by molar-refractivity contribution is 0.0640. The molecule has 1 N–H and O–H groups in total. The minimum absolute atomic E-state index is 0.0448. The number of aromatic nitrogens is 3. The first-order valence-corrected chi connectivity index (χ1v) is 11.7. The molecular weight excluding hydrogens is 444 g/mol. The number of amides is 1. The van der Waals surface area contributed by atoms with Crippen molar-refractivity contribution >= 4 is 22.6 Å². The molecule has 1 fully saturated rings. The van der Waals surface area contributed by atoms with Crippen LogP contribution >= 0.6 is 0 Å². The van der Waals surface area contributed by atoms with Crippen LogP contribution in [0.5, 0.6) is 5.75 Å². The van der Waals surface area contributed by atoms with Gasteiger partial charge in [0, 0.05) is 32.4 Å². The van der Waals surface area contributed by atoms with E-state index in [4.69, 9.17) is 15.1 Å². The number of rotatable bonds is 5. The van der Waals surface area contributed by atoms with E-state index in [2.05, 4.69) is 11.8 Å². The first-order chi connectivity index (χ1) is 17.0. The third kappa shape index (κ3) is 4.19. The average Bonchev–Trinajstić information content (AvgIpc) is 2.90. The molecule has 0 bridgehead atoms. The second kappa shape index (κ2) is 9.34. The van der Waals surface area contributed by atoms with Crippen molar-refractivity contribution in [1.82, 2.24) is 23.8 Å². The van der Waals surface area contributed by atoms with Crippen LogP contribution in [-0.2, 0) is 6.54 Å². The summed E-state index contributed by atoms with van der Waals surface area (Å²) >= 11 is 0. The van der Waals surface area contributed by atoms with Gasteiger partial charge in [0.2, 0.25) is 0 Å². The van der Waals surface area contributed by atoms with Crippen LogP contribution in [0, 0.1) is 5.41 Å². The molecule has 180 valence electrons. The predicted molar refractivity (Wildman–Crippen MR) is 133 cm³/mol. The van der Waals surface area contributed by atoms with Gasteiger partial charge < -0.3 is 19.1 Å². The second-order valence-corrected chi connectivity index (χ2v) is 8.65. The summed E-state index contributed by atoms with van der Waals surface area (Å²) < 4.78 is 8.38. The Bertz CT molecular complexity index is 1510. The number of hydrogen-bond acceptors (Lipinski definition) is 6. The lowest BCUT2D eigenvalue weighted by Crippen LogP contribution is -2.49. The summed E-state index contributed by atoms with van der Waals surface area (Å²) in [6, 6.07) is 14.4. The average molecular weight is 473 g/mol. The fraction of sp³-hybridized carbons (Fsp3) is 0.308. The molecular formula is C26H28N6O3. The Morgan fingerprint density at radius 2 is 1.83 bits per heavy atom. The molecule has 1 aliphatic rings. The maximum Gasteiger partial charge on any atom is 0.267 e. The lowest BCUT2D eigenvalue weighted by atomic mass is 10.1. The third-order valence-corrected chi connectivity index (χ3v) is 6.66. The Hall–Kier alpha value is -3.98. The van der Waals surface area contributed by atoms with E-state index < -0.39 is 0 Å². The van der Waals surface area contributed by atoms with Gasteiger partial charge in [-0.25, -0.2) is 4.98 Å². The lowest BCUT2D eigenvalue weighted by Gasteiger charge is -2.34. The Kier molecular flexibility index (Phi) is 6.08. The van der Waals surface area contributed by atoms with Crippen molar-refractivity contribution < 1.29 is 9.53 Å². The van der Waals surface area contributed by atoms with Crippen LogP contribution < -0.4 is 15.8 Å². The number of nitrogens with one attached hydrogen (secondary N) is 1. The van der Waals surface area contributed by atoms with Crippen LogP contribution in [0.15, 0.2) is 59.5 Å². The quantitative estimate of drug-likeness (QED) is 0.448. The summed E-state index contributed by atoms with van der Waals surface area (Å²) in [6.07, 6.45) is 1.66. The maximum atomic E-state index is 13.6. The molecule has 1 aromatic carbocycles. The molecule has 0 aliphatic carbocycles. The van der Waals surface area contributed by atoms with Gasteiger partial charge >= 0.3 is 0 Å². The van der Waals surface area contributed by atoms with Gasteiger partial charge in [0.05, 0.1) is 24.6 Å². The molecule has 0 spiro atoms. The van der Waals surface area contributed by atoms with Gasteiger partial charge in [-0.15, -0.1) is 0 Å². The zero-order valence-electron chi connectivity index (χ0n) is 19.9. The molecule has 4 aromatic rings. The fourth-order valence-electron chi connectivity index (χ4n) is 4.56. The molecule has 0 saturated carbocycles. The van der Waals surface area contributed by atoms with Crippen LogP contribution in [-0.4, -0.2) is 69.5 Å². The first kappa shape index (κ1) is 22.8. The summed E-state index contributed by atoms with van der Waals surface area (Å²) in [6.45, 7) is 6.12. The van der Waals surface area contributed by atoms with Crippen molar-refractivity contribution in [3.63, 3.8) is 0 Å². The molecule has 1 aliphatic heterocycles. The van der Waals surface area contributed by atoms with E-state index in [1.165, 1.54) is 4.40 Å². The van der Waals surface area contributed by atoms with Crippen molar-refractivity contribution in [2.24, 2.45) is 0 Å². The van der Waals surface area contributed by atoms with Crippen LogP contribution in [0.1, 0.15) is 22.8 Å². The van der Waals surface area contributed by atoms with Crippen LogP contribution in [0.25, 0.3) is 16.7 Å². The van der Waals surface area contributed by atoms with Crippen molar-refractivity contribution in [2.45, 2.75) is 13.5 Å². The highest BCUT2D eigenvalue weighted by Gasteiger charge is 2.25. The highest BCUT2D eigenvalue weighted by molar-refractivity contribution is 5.97. The number of ether oxygens (including phenoxy) is 1. The molecule has 35 heavy (non-hydrogen) atoms. The highest BCUT2D eigenvalue weighted by atomic mass is 16.5. The summed E-state index contributed by atoms with van der Waals surface area (Å²) in [4.78, 5) is 35.7. The number of nitrogens with zero attached hydrogens (tertiary/aromatic N) is 5. The summed E-state index contributed by atoms with van der Waals surface area (Å²) in [7, 11) is 1.61. The van der Waals surface area contributed by atoms with E-state index in [-0.39, 0.29) is 22.5 Å². The number of hydrogen-bond donors (Lipinski definition) is 1. The SMILES string of the molecule is CCN1CCN(C(=O)c2cc3c(=O)n4ccccc4nc3n(Cc3ccc(OC)cc3)c2=N)CC1. The number of benzene rings is 1. The van der Waals surface area contributed by atoms with Crippen molar-refractivity contribution in [2.75, 3.05) is 39.8 Å². The van der Waals surface area contributed by atoms with E-state index >= 15 is 0 Å². The molecule has 0 atom stereocenters. The minimum atomic E-state index is -0.265. The molecule has 1 amide bonds. The Balaban J connectivity index is 1.67. The Morgan fingerprint density at radius 3 is 2.51 bits per heavy atom. The van der Waals surface area contributed by atoms with E-state index in [0.717, 1.165) is 30.9 Å². The van der Waals surface area contributed by atoms with E-state index in [9.17, 15) is 9.59 Å². The monoisotopic (exact) mass is 472 g/mol. The van der Waals surface area contributed by atoms with Gasteiger partial charge in [-0.3, -0.25) is 19.4 Å². The highest BCUT2D eigenvalue weighted by Crippen LogP contribution is 2.16. The molecule has 4 heterocycles. The molecule has 3 aromatic heterocycles. The third-order valence-electron chi connectivity index (χ3n) is 6.66. The smallest absolute Gasteiger partial charge is 0.267 e. The predicted octanol–water partition coefficient (Wildman–Crippen LogP) is 1.96. The largest absolute Gasteiger partial charge is 0.497 e. The maximum absolute atomic E-state index is 13.6. The number of methoxy groups -OCH3 is 1. The number of piperazine rings is 1. The Morgan fingerprint density at radius 1 is 1.09 bits per heavy atom. The van der Waals surface area contributed by atoms with Gasteiger partial charge in [0.25, 0.3) is 11.5 Å². The van der Waals surface area contributed by atoms with Crippen LogP contribution in [0.2, 0.25) is 0 Å². The van der Waals surface area contributed by atoms with Crippen molar-refractivity contribution in [3.05, 3.63) is 81.7 Å². The molecule has 1 saturated heterocycles. The zero-order valence-corrected chi connectivity index (χ0v) is 19.9. The summed E-state index contributed by atoms with van der Waals surface area (Å²) in [5, 5.41) is 9.30. The number of fused-ring (bicyclic) bond motifs is 2. The summed E-state index contributed by atoms with van der Waals surface area (Å²) in [5.74, 6) is 0.501. The fourth-order valence-corrected chi connectivity index (χ4v) is 4.56. The van der Waals surface area contributed by atoms with E-state index in [0.29, 0.717) is 36.3 Å². The molecule has 9 heteroatoms. The van der Waals surface area contributed by atoms with Gasteiger partial charge in [-0.1, -0.05) is 25.1 Å². The molecule has 0 radical (unpaired) electrons. The van der Waals surface area contributed by atoms with Crippen LogP contribution in [0.3, 0.4) is 0 Å². The van der Waals surface area contributed by atoms with Crippen LogP contribution in [0.4, 0.5) is 0 Å². The molecule has 5 rings (SSSR count). The van der Waals surface area contributed by atoms with Gasteiger partial charge in [-0.05, 0) is 42.4 Å². The topological polar surface area (TPSA) is 95.9 Å².